The van der Waals surface area contributed by atoms with Crippen LogP contribution >= 0.6 is 22.2 Å². The van der Waals surface area contributed by atoms with Crippen LogP contribution in [-0.4, -0.2) is 33.8 Å². The molecule has 0 amide bonds. The average molecular weight is 649 g/mol. The van der Waals surface area contributed by atoms with E-state index < -0.39 is 23.9 Å². The van der Waals surface area contributed by atoms with Crippen molar-refractivity contribution in [3.8, 4) is 0 Å². The lowest BCUT2D eigenvalue weighted by molar-refractivity contribution is 0.475. The summed E-state index contributed by atoms with van der Waals surface area (Å²) in [7, 11) is -8.04. The van der Waals surface area contributed by atoms with Gasteiger partial charge in [-0.25, -0.2) is 0 Å². The maximum absolute atomic E-state index is 7.39. The Bertz CT molecular complexity index is 1210. The van der Waals surface area contributed by atoms with Crippen LogP contribution in [0.2, 0.25) is 10.1 Å². The smallest absolute Gasteiger partial charge is 0.252 e. The minimum absolute atomic E-state index is 0.0796. The lowest BCUT2D eigenvalue weighted by Gasteiger charge is -2.64. The lowest BCUT2D eigenvalue weighted by Crippen LogP contribution is -2.90. The monoisotopic (exact) mass is 647 g/mol. The molecule has 0 aliphatic rings. The summed E-state index contributed by atoms with van der Waals surface area (Å²) in [5, 5.41) is 5.46. The molecule has 1 atom stereocenters. The third-order valence-electron chi connectivity index (χ3n) is 8.87. The fourth-order valence-corrected chi connectivity index (χ4v) is 29.3. The SMILES string of the molecule is CCCC(N([Si](c1ccccc1)(c1ccccc1)C(C)(C)C)[Si](c1ccccc1)(c1ccccc1)C(C)(C)C)[SiH](Cl)Cl. The largest absolute Gasteiger partial charge is 0.328 e. The van der Waals surface area contributed by atoms with Gasteiger partial charge in [0.2, 0.25) is 0 Å². The number of halogens is 2. The van der Waals surface area contributed by atoms with Crippen LogP contribution in [0, 0.1) is 0 Å². The fraction of sp³-hybridized carbons (Fsp3) is 0.333. The van der Waals surface area contributed by atoms with Crippen molar-refractivity contribution in [3.05, 3.63) is 121 Å². The summed E-state index contributed by atoms with van der Waals surface area (Å²) in [6, 6.07) is 45.5. The molecule has 6 heteroatoms. The van der Waals surface area contributed by atoms with Gasteiger partial charge in [0, 0.05) is 5.67 Å². The molecular weight excluding hydrogens is 602 g/mol. The standard InChI is InChI=1S/C36H47Cl2NSi3/c1-8-21-34(40(37)38)39(41(35(2,3)4,30-22-13-9-14-23-30)31-24-15-10-16-25-31)42(36(5,6)7,32-26-17-11-18-27-32)33-28-19-12-20-29-33/h9-20,22-29,34,40H,8,21H2,1-7H3. The van der Waals surface area contributed by atoms with Gasteiger partial charge >= 0.3 is 0 Å². The van der Waals surface area contributed by atoms with Crippen LogP contribution in [0.3, 0.4) is 0 Å². The van der Waals surface area contributed by atoms with Gasteiger partial charge in [-0.05, 0) is 37.2 Å². The quantitative estimate of drug-likeness (QED) is 0.125. The van der Waals surface area contributed by atoms with Gasteiger partial charge < -0.3 is 4.23 Å². The van der Waals surface area contributed by atoms with E-state index in [-0.39, 0.29) is 15.7 Å². The van der Waals surface area contributed by atoms with Gasteiger partial charge in [-0.3, -0.25) is 0 Å². The van der Waals surface area contributed by atoms with Crippen LogP contribution < -0.4 is 20.7 Å². The molecule has 0 spiro atoms. The molecule has 0 saturated carbocycles. The number of nitrogens with zero attached hydrogens (tertiary/aromatic N) is 1. The van der Waals surface area contributed by atoms with E-state index in [1.165, 1.54) is 20.7 Å². The molecule has 1 nitrogen and oxygen atoms in total. The Labute approximate surface area is 268 Å². The summed E-state index contributed by atoms with van der Waals surface area (Å²) >= 11 is 14.8. The molecule has 0 N–H and O–H groups in total. The second kappa shape index (κ2) is 13.4. The van der Waals surface area contributed by atoms with Crippen molar-refractivity contribution in [2.75, 3.05) is 0 Å². The minimum atomic E-state index is -2.89. The van der Waals surface area contributed by atoms with Gasteiger partial charge in [-0.1, -0.05) is 176 Å². The second-order valence-electron chi connectivity index (χ2n) is 13.4. The zero-order valence-electron chi connectivity index (χ0n) is 26.3. The molecule has 4 aromatic rings. The third kappa shape index (κ3) is 5.79. The Balaban J connectivity index is 2.38. The van der Waals surface area contributed by atoms with Crippen molar-refractivity contribution in [1.29, 1.82) is 0 Å². The zero-order chi connectivity index (χ0) is 30.6. The highest BCUT2D eigenvalue weighted by atomic mass is 35.7. The van der Waals surface area contributed by atoms with E-state index in [0.29, 0.717) is 0 Å². The Morgan fingerprint density at radius 3 is 1.00 bits per heavy atom. The minimum Gasteiger partial charge on any atom is -0.328 e. The van der Waals surface area contributed by atoms with E-state index >= 15 is 0 Å². The molecule has 0 radical (unpaired) electrons. The highest BCUT2D eigenvalue weighted by Gasteiger charge is 2.66. The Morgan fingerprint density at radius 2 is 0.810 bits per heavy atom. The van der Waals surface area contributed by atoms with Crippen molar-refractivity contribution in [2.45, 2.75) is 77.0 Å². The van der Waals surface area contributed by atoms with Crippen molar-refractivity contribution < 1.29 is 0 Å². The number of hydrogen-bond acceptors (Lipinski definition) is 1. The first-order valence-electron chi connectivity index (χ1n) is 15.2. The summed E-state index contributed by atoms with van der Waals surface area (Å²) in [4.78, 5) is 0. The number of rotatable bonds is 10. The van der Waals surface area contributed by atoms with E-state index in [1.54, 1.807) is 0 Å². The van der Waals surface area contributed by atoms with Crippen molar-refractivity contribution >= 4 is 66.8 Å². The van der Waals surface area contributed by atoms with Crippen molar-refractivity contribution in [1.82, 2.24) is 4.23 Å². The van der Waals surface area contributed by atoms with Gasteiger partial charge in [-0.2, -0.15) is 0 Å². The van der Waals surface area contributed by atoms with Crippen molar-refractivity contribution in [2.24, 2.45) is 0 Å². The van der Waals surface area contributed by atoms with E-state index in [0.717, 1.165) is 12.8 Å². The number of hydrogen-bond donors (Lipinski definition) is 0. The van der Waals surface area contributed by atoms with Crippen molar-refractivity contribution in [3.63, 3.8) is 0 Å². The normalized spacial score (nSPS) is 13.9. The van der Waals surface area contributed by atoms with E-state index in [1.807, 2.05) is 0 Å². The predicted octanol–water partition coefficient (Wildman–Crippen LogP) is 7.81. The molecule has 1 unspecified atom stereocenters. The molecule has 0 aromatic heterocycles. The van der Waals surface area contributed by atoms with Crippen LogP contribution in [-0.2, 0) is 0 Å². The second-order valence-corrected chi connectivity index (χ2v) is 27.9. The van der Waals surface area contributed by atoms with Crippen LogP contribution in [0.25, 0.3) is 0 Å². The highest BCUT2D eigenvalue weighted by molar-refractivity contribution is 7.35. The molecule has 0 aliphatic heterocycles. The molecule has 4 aromatic carbocycles. The zero-order valence-corrected chi connectivity index (χ0v) is 31.0. The van der Waals surface area contributed by atoms with E-state index in [4.69, 9.17) is 22.2 Å². The van der Waals surface area contributed by atoms with E-state index in [9.17, 15) is 0 Å². The maximum atomic E-state index is 7.39. The van der Waals surface area contributed by atoms with Gasteiger partial charge in [0.15, 0.2) is 16.5 Å². The van der Waals surface area contributed by atoms with Gasteiger partial charge in [0.25, 0.3) is 7.42 Å². The summed E-state index contributed by atoms with van der Waals surface area (Å²) in [6.45, 7) is 17.1. The molecule has 222 valence electrons. The average Bonchev–Trinajstić information content (AvgIpc) is 2.97. The van der Waals surface area contributed by atoms with Crippen LogP contribution in [0.1, 0.15) is 61.3 Å². The first-order valence-corrected chi connectivity index (χ1v) is 23.3. The summed E-state index contributed by atoms with van der Waals surface area (Å²) in [5.41, 5.74) is 0.0796. The first-order chi connectivity index (χ1) is 19.9. The van der Waals surface area contributed by atoms with Crippen LogP contribution in [0.5, 0.6) is 0 Å². The summed E-state index contributed by atoms with van der Waals surface area (Å²) < 4.78 is 3.09. The van der Waals surface area contributed by atoms with Gasteiger partial charge in [0.1, 0.15) is 0 Å². The van der Waals surface area contributed by atoms with Gasteiger partial charge in [-0.15, -0.1) is 22.2 Å². The lowest BCUT2D eigenvalue weighted by atomic mass is 10.2. The molecular formula is C36H47Cl2NSi3. The predicted molar refractivity (Wildman–Crippen MR) is 195 cm³/mol. The Morgan fingerprint density at radius 1 is 0.548 bits per heavy atom. The van der Waals surface area contributed by atoms with E-state index in [2.05, 4.69) is 174 Å². The first kappa shape index (κ1) is 33.0. The topological polar surface area (TPSA) is 3.24 Å². The molecule has 0 bridgehead atoms. The van der Waals surface area contributed by atoms with Crippen LogP contribution in [0.15, 0.2) is 121 Å². The molecule has 4 rings (SSSR count). The van der Waals surface area contributed by atoms with Gasteiger partial charge in [0.05, 0.1) is 0 Å². The highest BCUT2D eigenvalue weighted by Crippen LogP contribution is 2.49. The molecule has 42 heavy (non-hydrogen) atoms. The Kier molecular flexibility index (Phi) is 10.5. The summed E-state index contributed by atoms with van der Waals surface area (Å²) in [5.74, 6) is 0. The Hall–Kier alpha value is -1.93. The molecule has 0 fully saturated rings. The molecule has 0 aliphatic carbocycles. The maximum Gasteiger partial charge on any atom is 0.252 e. The third-order valence-corrected chi connectivity index (χ3v) is 25.6. The molecule has 0 heterocycles. The fourth-order valence-electron chi connectivity index (χ4n) is 7.47. The van der Waals surface area contributed by atoms with Crippen LogP contribution in [0.4, 0.5) is 0 Å². The molecule has 0 saturated heterocycles. The number of benzene rings is 4. The summed E-state index contributed by atoms with van der Waals surface area (Å²) in [6.07, 6.45) is 2.00.